The Bertz CT molecular complexity index is 1180. The fraction of sp³-hybridized carbons (Fsp3) is 0.542. The van der Waals surface area contributed by atoms with Gasteiger partial charge in [-0.1, -0.05) is 19.1 Å². The number of piperazine rings is 1. The van der Waals surface area contributed by atoms with E-state index in [2.05, 4.69) is 27.3 Å². The lowest BCUT2D eigenvalue weighted by Crippen LogP contribution is -2.55. The van der Waals surface area contributed by atoms with Crippen molar-refractivity contribution in [3.8, 4) is 0 Å². The molecule has 3 aliphatic rings. The normalized spacial score (nSPS) is 22.8. The molecule has 3 heterocycles. The molecule has 1 saturated carbocycles. The van der Waals surface area contributed by atoms with Crippen molar-refractivity contribution < 1.29 is 37.1 Å². The fourth-order valence-corrected chi connectivity index (χ4v) is 4.94. The van der Waals surface area contributed by atoms with Crippen LogP contribution in [-0.4, -0.2) is 79.8 Å². The molecule has 2 amide bonds. The monoisotopic (exact) mass is 540 g/mol. The summed E-state index contributed by atoms with van der Waals surface area (Å²) >= 11 is 0. The van der Waals surface area contributed by atoms with Crippen LogP contribution in [0.25, 0.3) is 0 Å². The Morgan fingerprint density at radius 3 is 2.29 bits per heavy atom. The first-order chi connectivity index (χ1) is 17.9. The smallest absolute Gasteiger partial charge is 0.475 e. The van der Waals surface area contributed by atoms with Crippen molar-refractivity contribution in [3.63, 3.8) is 0 Å². The van der Waals surface area contributed by atoms with Crippen molar-refractivity contribution in [2.24, 2.45) is 11.8 Å². The molecule has 2 N–H and O–H groups in total. The van der Waals surface area contributed by atoms with E-state index in [1.54, 1.807) is 12.1 Å². The molecule has 1 aromatic carbocycles. The second kappa shape index (κ2) is 11.1. The van der Waals surface area contributed by atoms with Crippen molar-refractivity contribution in [2.45, 2.75) is 45.1 Å². The summed E-state index contributed by atoms with van der Waals surface area (Å²) < 4.78 is 46.7. The highest BCUT2D eigenvalue weighted by Crippen LogP contribution is 2.36. The van der Waals surface area contributed by atoms with Gasteiger partial charge in [-0.05, 0) is 36.5 Å². The Balaban J connectivity index is 0.000000426. The number of carboxylic acid groups (broad SMARTS) is 1. The predicted molar refractivity (Wildman–Crippen MR) is 124 cm³/mol. The molecule has 2 fully saturated rings. The van der Waals surface area contributed by atoms with Gasteiger partial charge in [-0.25, -0.2) is 9.18 Å². The van der Waals surface area contributed by atoms with E-state index in [0.29, 0.717) is 25.6 Å². The number of nitrogens with zero attached hydrogens (tertiary/aromatic N) is 5. The Labute approximate surface area is 215 Å². The second-order valence-corrected chi connectivity index (χ2v) is 9.76. The van der Waals surface area contributed by atoms with Crippen LogP contribution >= 0.6 is 0 Å². The van der Waals surface area contributed by atoms with E-state index in [0.717, 1.165) is 43.9 Å². The van der Waals surface area contributed by atoms with Crippen molar-refractivity contribution in [3.05, 3.63) is 47.3 Å². The van der Waals surface area contributed by atoms with E-state index in [1.807, 2.05) is 9.47 Å². The first-order valence-electron chi connectivity index (χ1n) is 12.2. The van der Waals surface area contributed by atoms with Crippen molar-refractivity contribution in [2.75, 3.05) is 26.2 Å². The van der Waals surface area contributed by atoms with Crippen LogP contribution in [0.5, 0.6) is 0 Å². The minimum atomic E-state index is -5.08. The summed E-state index contributed by atoms with van der Waals surface area (Å²) in [4.78, 5) is 38.8. The molecule has 10 nitrogen and oxygen atoms in total. The van der Waals surface area contributed by atoms with Gasteiger partial charge in [0.05, 0.1) is 6.04 Å². The number of nitrogens with one attached hydrogen (secondary N) is 1. The lowest BCUT2D eigenvalue weighted by atomic mass is 9.75. The third kappa shape index (κ3) is 6.11. The zero-order chi connectivity index (χ0) is 27.6. The van der Waals surface area contributed by atoms with Gasteiger partial charge in [-0.2, -0.15) is 13.2 Å². The van der Waals surface area contributed by atoms with E-state index in [1.165, 1.54) is 12.1 Å². The SMILES string of the molecule is CC1CC(C(=O)N2CCN3CCn4c(C(=O)NCc5ccc(F)cc5)nnc4C3C2)C1.O=C(O)C(F)(F)F. The minimum Gasteiger partial charge on any atom is -0.475 e. The van der Waals surface area contributed by atoms with E-state index in [-0.39, 0.29) is 35.4 Å². The third-order valence-corrected chi connectivity index (χ3v) is 7.03. The van der Waals surface area contributed by atoms with E-state index < -0.39 is 12.1 Å². The van der Waals surface area contributed by atoms with E-state index in [4.69, 9.17) is 9.90 Å². The number of aliphatic carboxylic acids is 1. The molecule has 0 spiro atoms. The minimum absolute atomic E-state index is 0.0323. The molecule has 1 saturated heterocycles. The number of fused-ring (bicyclic) bond motifs is 3. The van der Waals surface area contributed by atoms with Crippen LogP contribution < -0.4 is 5.32 Å². The second-order valence-electron chi connectivity index (χ2n) is 9.76. The molecule has 1 atom stereocenters. The summed E-state index contributed by atoms with van der Waals surface area (Å²) in [5, 5.41) is 18.5. The first-order valence-corrected chi connectivity index (χ1v) is 12.2. The van der Waals surface area contributed by atoms with Crippen molar-refractivity contribution in [1.82, 2.24) is 29.9 Å². The Kier molecular flexibility index (Phi) is 7.99. The molecule has 1 aliphatic carbocycles. The number of aromatic nitrogens is 3. The molecule has 14 heteroatoms. The van der Waals surface area contributed by atoms with Gasteiger partial charge in [0.1, 0.15) is 5.82 Å². The Morgan fingerprint density at radius 2 is 1.68 bits per heavy atom. The highest BCUT2D eigenvalue weighted by Gasteiger charge is 2.41. The number of benzene rings is 1. The van der Waals surface area contributed by atoms with Crippen LogP contribution in [-0.2, 0) is 22.7 Å². The molecule has 0 bridgehead atoms. The number of carbonyl (C=O) groups excluding carboxylic acids is 2. The van der Waals surface area contributed by atoms with Gasteiger partial charge >= 0.3 is 12.1 Å². The van der Waals surface area contributed by atoms with Gasteiger partial charge < -0.3 is 19.9 Å². The van der Waals surface area contributed by atoms with Gasteiger partial charge in [0.25, 0.3) is 5.91 Å². The van der Waals surface area contributed by atoms with E-state index in [9.17, 15) is 27.2 Å². The zero-order valence-electron chi connectivity index (χ0n) is 20.6. The Hall–Kier alpha value is -3.55. The molecule has 0 radical (unpaired) electrons. The molecule has 38 heavy (non-hydrogen) atoms. The molecule has 2 aliphatic heterocycles. The summed E-state index contributed by atoms with van der Waals surface area (Å²) in [6, 6.07) is 5.99. The zero-order valence-corrected chi connectivity index (χ0v) is 20.6. The van der Waals surface area contributed by atoms with Gasteiger partial charge in [0.15, 0.2) is 5.82 Å². The van der Waals surface area contributed by atoms with E-state index >= 15 is 0 Å². The highest BCUT2D eigenvalue weighted by molar-refractivity contribution is 5.90. The lowest BCUT2D eigenvalue weighted by Gasteiger charge is -2.45. The number of carbonyl (C=O) groups is 3. The quantitative estimate of drug-likeness (QED) is 0.571. The number of rotatable bonds is 4. The van der Waals surface area contributed by atoms with Crippen LogP contribution in [0.4, 0.5) is 17.6 Å². The topological polar surface area (TPSA) is 121 Å². The average molecular weight is 541 g/mol. The van der Waals surface area contributed by atoms with Crippen LogP contribution in [0.2, 0.25) is 0 Å². The van der Waals surface area contributed by atoms with Gasteiger partial charge in [0.2, 0.25) is 11.7 Å². The molecule has 1 aromatic heterocycles. The maximum atomic E-state index is 13.1. The maximum Gasteiger partial charge on any atom is 0.490 e. The summed E-state index contributed by atoms with van der Waals surface area (Å²) in [6.07, 6.45) is -3.11. The van der Waals surface area contributed by atoms with Gasteiger partial charge in [-0.3, -0.25) is 14.5 Å². The summed E-state index contributed by atoms with van der Waals surface area (Å²) in [5.41, 5.74) is 0.811. The largest absolute Gasteiger partial charge is 0.490 e. The highest BCUT2D eigenvalue weighted by atomic mass is 19.4. The summed E-state index contributed by atoms with van der Waals surface area (Å²) in [6.45, 7) is 6.09. The number of amides is 2. The van der Waals surface area contributed by atoms with Crippen LogP contribution in [0.15, 0.2) is 24.3 Å². The molecule has 2 aromatic rings. The number of halogens is 4. The maximum absolute atomic E-state index is 13.1. The molecule has 1 unspecified atom stereocenters. The predicted octanol–water partition coefficient (Wildman–Crippen LogP) is 2.23. The molecular weight excluding hydrogens is 512 g/mol. The van der Waals surface area contributed by atoms with Crippen molar-refractivity contribution >= 4 is 17.8 Å². The summed E-state index contributed by atoms with van der Waals surface area (Å²) in [5.74, 6) is -1.27. The number of hydrogen-bond acceptors (Lipinski definition) is 6. The lowest BCUT2D eigenvalue weighted by molar-refractivity contribution is -0.192. The Morgan fingerprint density at radius 1 is 1.05 bits per heavy atom. The molecular formula is C24H28F4N6O4. The van der Waals surface area contributed by atoms with Crippen LogP contribution in [0.1, 0.15) is 47.8 Å². The number of carboxylic acids is 1. The molecule has 206 valence electrons. The third-order valence-electron chi connectivity index (χ3n) is 7.03. The standard InChI is InChI=1S/C22H27FN6O2.C2HF3O2/c1-14-10-16(11-14)22(31)28-7-6-27-8-9-29-19(18(27)13-28)25-26-20(29)21(30)24-12-15-2-4-17(23)5-3-15;3-2(4,5)1(6)7/h2-5,14,16,18H,6-13H2,1H3,(H,24,30);(H,6,7). The average Bonchev–Trinajstić information content (AvgIpc) is 3.30. The van der Waals surface area contributed by atoms with Gasteiger partial charge in [0, 0.05) is 45.2 Å². The van der Waals surface area contributed by atoms with Crippen LogP contribution in [0, 0.1) is 17.7 Å². The summed E-state index contributed by atoms with van der Waals surface area (Å²) in [7, 11) is 0. The fourth-order valence-electron chi connectivity index (χ4n) is 4.94. The molecule has 5 rings (SSSR count). The number of hydrogen-bond donors (Lipinski definition) is 2. The van der Waals surface area contributed by atoms with Crippen molar-refractivity contribution in [1.29, 1.82) is 0 Å². The van der Waals surface area contributed by atoms with Crippen LogP contribution in [0.3, 0.4) is 0 Å². The number of alkyl halides is 3. The van der Waals surface area contributed by atoms with Gasteiger partial charge in [-0.15, -0.1) is 10.2 Å². The first kappa shape index (κ1) is 27.5.